The first-order valence-corrected chi connectivity index (χ1v) is 11.1. The number of urea groups is 1. The van der Waals surface area contributed by atoms with Crippen molar-refractivity contribution < 1.29 is 14.4 Å². The third-order valence-electron chi connectivity index (χ3n) is 6.24. The minimum absolute atomic E-state index is 0.0165. The van der Waals surface area contributed by atoms with E-state index in [4.69, 9.17) is 11.6 Å². The molecule has 4 amide bonds. The molecule has 2 aromatic carbocycles. The lowest BCUT2D eigenvalue weighted by Crippen LogP contribution is -2.57. The number of carbonyl (C=O) groups is 3. The number of hydrogen-bond donors (Lipinski definition) is 1. The molecule has 0 atom stereocenters. The van der Waals surface area contributed by atoms with Crippen molar-refractivity contribution in [2.24, 2.45) is 0 Å². The summed E-state index contributed by atoms with van der Waals surface area (Å²) in [6.07, 6.45) is 7.01. The summed E-state index contributed by atoms with van der Waals surface area (Å²) >= 11 is 6.36. The van der Waals surface area contributed by atoms with Gasteiger partial charge in [0.15, 0.2) is 0 Å². The molecule has 2 heterocycles. The number of fused-ring (bicyclic) bond motifs is 1. The Labute approximate surface area is 190 Å². The lowest BCUT2D eigenvalue weighted by atomic mass is 10.0. The number of nitrogens with one attached hydrogen (secondary N) is 1. The average Bonchev–Trinajstić information content (AvgIpc) is 3.42. The van der Waals surface area contributed by atoms with Crippen LogP contribution in [-0.2, 0) is 16.1 Å². The van der Waals surface area contributed by atoms with Crippen LogP contribution in [0.3, 0.4) is 0 Å². The predicted molar refractivity (Wildman–Crippen MR) is 123 cm³/mol. The maximum absolute atomic E-state index is 13.2. The first-order valence-electron chi connectivity index (χ1n) is 10.7. The SMILES string of the molecule is O=C1NC(=O)N(C2CCCC2)C(=O)/C1=C\c1cn(Cc2ccccc2Cl)c2ccccc12. The largest absolute Gasteiger partial charge is 0.342 e. The number of amides is 4. The Hall–Kier alpha value is -3.38. The van der Waals surface area contributed by atoms with Crippen molar-refractivity contribution in [3.63, 3.8) is 0 Å². The summed E-state index contributed by atoms with van der Waals surface area (Å²) in [5, 5.41) is 3.94. The van der Waals surface area contributed by atoms with Gasteiger partial charge in [-0.3, -0.25) is 19.8 Å². The lowest BCUT2D eigenvalue weighted by molar-refractivity contribution is -0.131. The summed E-state index contributed by atoms with van der Waals surface area (Å²) in [5.74, 6) is -1.18. The molecular weight excluding hydrogens is 426 g/mol. The van der Waals surface area contributed by atoms with Crippen molar-refractivity contribution >= 4 is 46.4 Å². The first kappa shape index (κ1) is 20.5. The molecule has 1 aliphatic carbocycles. The monoisotopic (exact) mass is 447 g/mol. The fourth-order valence-corrected chi connectivity index (χ4v) is 4.85. The predicted octanol–water partition coefficient (Wildman–Crippen LogP) is 4.75. The van der Waals surface area contributed by atoms with E-state index in [9.17, 15) is 14.4 Å². The Morgan fingerprint density at radius 3 is 2.50 bits per heavy atom. The average molecular weight is 448 g/mol. The molecule has 1 saturated carbocycles. The number of para-hydroxylation sites is 1. The van der Waals surface area contributed by atoms with Gasteiger partial charge in [0.05, 0.1) is 0 Å². The highest BCUT2D eigenvalue weighted by molar-refractivity contribution is 6.32. The second-order valence-corrected chi connectivity index (χ2v) is 8.66. The molecular formula is C25H22ClN3O3. The number of barbiturate groups is 1. The molecule has 162 valence electrons. The summed E-state index contributed by atoms with van der Waals surface area (Å²) in [4.78, 5) is 39.4. The van der Waals surface area contributed by atoms with Crippen molar-refractivity contribution in [2.45, 2.75) is 38.3 Å². The lowest BCUT2D eigenvalue weighted by Gasteiger charge is -2.31. The Kier molecular flexibility index (Phi) is 5.31. The number of aromatic nitrogens is 1. The van der Waals surface area contributed by atoms with Crippen LogP contribution in [0.2, 0.25) is 5.02 Å². The third kappa shape index (κ3) is 3.60. The minimum atomic E-state index is -0.655. The van der Waals surface area contributed by atoms with Gasteiger partial charge in [-0.05, 0) is 36.6 Å². The maximum atomic E-state index is 13.2. The highest BCUT2D eigenvalue weighted by Crippen LogP contribution is 2.29. The molecule has 1 aromatic heterocycles. The van der Waals surface area contributed by atoms with Gasteiger partial charge in [0.1, 0.15) is 5.57 Å². The smallest absolute Gasteiger partial charge is 0.331 e. The molecule has 0 spiro atoms. The van der Waals surface area contributed by atoms with E-state index in [2.05, 4.69) is 5.32 Å². The summed E-state index contributed by atoms with van der Waals surface area (Å²) in [5.41, 5.74) is 2.66. The van der Waals surface area contributed by atoms with Crippen LogP contribution >= 0.6 is 11.6 Å². The van der Waals surface area contributed by atoms with Gasteiger partial charge in [-0.2, -0.15) is 0 Å². The Balaban J connectivity index is 1.55. The molecule has 2 aliphatic rings. The zero-order chi connectivity index (χ0) is 22.2. The zero-order valence-corrected chi connectivity index (χ0v) is 18.1. The highest BCUT2D eigenvalue weighted by atomic mass is 35.5. The zero-order valence-electron chi connectivity index (χ0n) is 17.4. The van der Waals surface area contributed by atoms with Crippen LogP contribution in [0.25, 0.3) is 17.0 Å². The molecule has 1 N–H and O–H groups in total. The normalized spacial score (nSPS) is 18.7. The van der Waals surface area contributed by atoms with Gasteiger partial charge in [0.2, 0.25) is 0 Å². The Morgan fingerprint density at radius 1 is 1.00 bits per heavy atom. The van der Waals surface area contributed by atoms with E-state index in [1.165, 1.54) is 4.90 Å². The van der Waals surface area contributed by atoms with Crippen LogP contribution in [0.4, 0.5) is 4.79 Å². The van der Waals surface area contributed by atoms with Crippen LogP contribution in [0, 0.1) is 0 Å². The fourth-order valence-electron chi connectivity index (χ4n) is 4.65. The molecule has 0 bridgehead atoms. The van der Waals surface area contributed by atoms with Crippen LogP contribution in [0.15, 0.2) is 60.3 Å². The number of imide groups is 2. The van der Waals surface area contributed by atoms with Crippen molar-refractivity contribution in [2.75, 3.05) is 0 Å². The number of rotatable bonds is 4. The summed E-state index contributed by atoms with van der Waals surface area (Å²) in [6, 6.07) is 14.7. The highest BCUT2D eigenvalue weighted by Gasteiger charge is 2.40. The number of benzene rings is 2. The van der Waals surface area contributed by atoms with E-state index in [1.807, 2.05) is 59.3 Å². The number of halogens is 1. The van der Waals surface area contributed by atoms with Gasteiger partial charge >= 0.3 is 6.03 Å². The Bertz CT molecular complexity index is 1270. The fraction of sp³-hybridized carbons (Fsp3) is 0.240. The van der Waals surface area contributed by atoms with E-state index in [1.54, 1.807) is 6.08 Å². The molecule has 1 aliphatic heterocycles. The maximum Gasteiger partial charge on any atom is 0.331 e. The molecule has 32 heavy (non-hydrogen) atoms. The molecule has 0 radical (unpaired) electrons. The van der Waals surface area contributed by atoms with E-state index in [-0.39, 0.29) is 11.6 Å². The summed E-state index contributed by atoms with van der Waals surface area (Å²) in [7, 11) is 0. The second-order valence-electron chi connectivity index (χ2n) is 8.25. The topological polar surface area (TPSA) is 71.4 Å². The molecule has 0 unspecified atom stereocenters. The third-order valence-corrected chi connectivity index (χ3v) is 6.61. The van der Waals surface area contributed by atoms with Gasteiger partial charge < -0.3 is 4.57 Å². The van der Waals surface area contributed by atoms with E-state index < -0.39 is 17.8 Å². The van der Waals surface area contributed by atoms with Crippen molar-refractivity contribution in [1.29, 1.82) is 0 Å². The molecule has 6 nitrogen and oxygen atoms in total. The Morgan fingerprint density at radius 2 is 1.72 bits per heavy atom. The van der Waals surface area contributed by atoms with Crippen molar-refractivity contribution in [1.82, 2.24) is 14.8 Å². The summed E-state index contributed by atoms with van der Waals surface area (Å²) in [6.45, 7) is 0.552. The van der Waals surface area contributed by atoms with E-state index in [0.717, 1.165) is 47.7 Å². The quantitative estimate of drug-likeness (QED) is 0.463. The van der Waals surface area contributed by atoms with Crippen LogP contribution < -0.4 is 5.32 Å². The van der Waals surface area contributed by atoms with E-state index in [0.29, 0.717) is 11.6 Å². The molecule has 5 rings (SSSR count). The van der Waals surface area contributed by atoms with Gasteiger partial charge in [-0.25, -0.2) is 4.79 Å². The molecule has 1 saturated heterocycles. The van der Waals surface area contributed by atoms with Gasteiger partial charge in [0, 0.05) is 40.3 Å². The number of nitrogens with zero attached hydrogens (tertiary/aromatic N) is 2. The minimum Gasteiger partial charge on any atom is -0.342 e. The van der Waals surface area contributed by atoms with Gasteiger partial charge in [0.25, 0.3) is 11.8 Å². The molecule has 2 fully saturated rings. The van der Waals surface area contributed by atoms with Gasteiger partial charge in [-0.1, -0.05) is 60.8 Å². The standard InChI is InChI=1S/C25H22ClN3O3/c26-21-11-5-1-7-16(21)14-28-15-17(19-10-4-6-12-22(19)28)13-20-23(30)27-25(32)29(24(20)31)18-8-2-3-9-18/h1,4-7,10-13,15,18H,2-3,8-9,14H2,(H,27,30,32)/b20-13-. The number of carbonyl (C=O) groups excluding carboxylic acids is 3. The van der Waals surface area contributed by atoms with Crippen LogP contribution in [0.5, 0.6) is 0 Å². The van der Waals surface area contributed by atoms with Gasteiger partial charge in [-0.15, -0.1) is 0 Å². The first-order chi connectivity index (χ1) is 15.5. The van der Waals surface area contributed by atoms with E-state index >= 15 is 0 Å². The number of hydrogen-bond acceptors (Lipinski definition) is 3. The van der Waals surface area contributed by atoms with Crippen LogP contribution in [-0.4, -0.2) is 33.4 Å². The summed E-state index contributed by atoms with van der Waals surface area (Å²) < 4.78 is 2.05. The van der Waals surface area contributed by atoms with Crippen molar-refractivity contribution in [3.8, 4) is 0 Å². The molecule has 7 heteroatoms. The van der Waals surface area contributed by atoms with Crippen molar-refractivity contribution in [3.05, 3.63) is 76.5 Å². The second kappa shape index (κ2) is 8.28. The molecule has 3 aromatic rings. The van der Waals surface area contributed by atoms with Crippen LogP contribution in [0.1, 0.15) is 36.8 Å².